The number of H-pyrrole nitrogens is 1. The van der Waals surface area contributed by atoms with E-state index in [-0.39, 0.29) is 57.3 Å². The number of carbonyl (C=O) groups is 2. The van der Waals surface area contributed by atoms with Gasteiger partial charge in [-0.25, -0.2) is 10.1 Å². The van der Waals surface area contributed by atoms with E-state index in [1.165, 1.54) is 16.7 Å². The molecule has 0 spiro atoms. The summed E-state index contributed by atoms with van der Waals surface area (Å²) < 4.78 is 89.6. The molecule has 2 atom stereocenters. The van der Waals surface area contributed by atoms with Gasteiger partial charge in [0.1, 0.15) is 17.9 Å². The van der Waals surface area contributed by atoms with Crippen LogP contribution >= 0.6 is 0 Å². The zero-order valence-electron chi connectivity index (χ0n) is 20.9. The van der Waals surface area contributed by atoms with Crippen molar-refractivity contribution in [3.8, 4) is 0 Å². The van der Waals surface area contributed by atoms with Crippen LogP contribution in [0.25, 0.3) is 0 Å². The minimum absolute atomic E-state index is 0.0238. The molecule has 2 aromatic rings. The lowest BCUT2D eigenvalue weighted by Crippen LogP contribution is -2.59. The maximum absolute atomic E-state index is 13.2. The summed E-state index contributed by atoms with van der Waals surface area (Å²) >= 11 is 0. The van der Waals surface area contributed by atoms with E-state index in [2.05, 4.69) is 15.4 Å². The lowest BCUT2D eigenvalue weighted by molar-refractivity contribution is -0.139. The number of nitrogens with zero attached hydrogens (tertiary/aromatic N) is 4. The number of ether oxygens (including phenoxy) is 2. The van der Waals surface area contributed by atoms with E-state index < -0.39 is 58.6 Å². The quantitative estimate of drug-likeness (QED) is 0.378. The molecule has 2 aromatic heterocycles. The van der Waals surface area contributed by atoms with Crippen LogP contribution < -0.4 is 15.8 Å². The van der Waals surface area contributed by atoms with Crippen molar-refractivity contribution in [2.24, 2.45) is 0 Å². The fourth-order valence-electron chi connectivity index (χ4n) is 4.41. The number of piperazine rings is 1. The van der Waals surface area contributed by atoms with Crippen molar-refractivity contribution in [1.82, 2.24) is 20.1 Å². The van der Waals surface area contributed by atoms with Crippen molar-refractivity contribution >= 4 is 23.3 Å². The first-order chi connectivity index (χ1) is 18.8. The number of fused-ring (bicyclic) bond motifs is 3. The second kappa shape index (κ2) is 11.4. The van der Waals surface area contributed by atoms with E-state index >= 15 is 0 Å². The highest BCUT2D eigenvalue weighted by Gasteiger charge is 2.40. The van der Waals surface area contributed by atoms with Crippen LogP contribution in [0.15, 0.2) is 23.3 Å². The molecule has 4 rings (SSSR count). The third-order valence-corrected chi connectivity index (χ3v) is 6.18. The highest BCUT2D eigenvalue weighted by molar-refractivity contribution is 5.98. The normalized spacial score (nSPS) is 18.6. The molecule has 1 saturated heterocycles. The van der Waals surface area contributed by atoms with Gasteiger partial charge in [0.25, 0.3) is 5.56 Å². The number of alkyl halides is 6. The van der Waals surface area contributed by atoms with Gasteiger partial charge in [0.05, 0.1) is 56.3 Å². The van der Waals surface area contributed by atoms with E-state index in [1.54, 1.807) is 5.10 Å². The number of nitrogens with one attached hydrogen (secondary N) is 2. The second-order valence-corrected chi connectivity index (χ2v) is 9.27. The Labute approximate surface area is 222 Å². The average Bonchev–Trinajstić information content (AvgIpc) is 3.04. The lowest BCUT2D eigenvalue weighted by atomic mass is 10.1. The highest BCUT2D eigenvalue weighted by Crippen LogP contribution is 2.34. The molecule has 0 saturated carbocycles. The molecule has 17 heteroatoms. The molecular formula is C23H24F6N6O5. The molecule has 40 heavy (non-hydrogen) atoms. The first kappa shape index (κ1) is 29.3. The molecule has 0 radical (unpaired) electrons. The zero-order chi connectivity index (χ0) is 29.2. The Balaban J connectivity index is 1.30. The Morgan fingerprint density at radius 3 is 2.67 bits per heavy atom. The van der Waals surface area contributed by atoms with Gasteiger partial charge in [0, 0.05) is 24.3 Å². The molecule has 2 N–H and O–H groups in total. The fourth-order valence-corrected chi connectivity index (χ4v) is 4.41. The van der Waals surface area contributed by atoms with Gasteiger partial charge in [-0.2, -0.15) is 31.4 Å². The van der Waals surface area contributed by atoms with Crippen molar-refractivity contribution in [3.63, 3.8) is 0 Å². The van der Waals surface area contributed by atoms with Crippen molar-refractivity contribution in [2.75, 3.05) is 43.1 Å². The minimum atomic E-state index is -4.90. The zero-order valence-corrected chi connectivity index (χ0v) is 20.9. The van der Waals surface area contributed by atoms with E-state index in [0.29, 0.717) is 6.20 Å². The Morgan fingerprint density at radius 1 is 1.23 bits per heavy atom. The number of halogens is 6. The topological polar surface area (TPSA) is 130 Å². The Hall–Kier alpha value is -3.73. The van der Waals surface area contributed by atoms with Crippen LogP contribution in [-0.2, 0) is 38.0 Å². The molecule has 0 aliphatic carbocycles. The molecule has 218 valence electrons. The number of aromatic nitrogens is 3. The smallest absolute Gasteiger partial charge is 0.379 e. The molecule has 2 aliphatic heterocycles. The van der Waals surface area contributed by atoms with Crippen LogP contribution in [0.4, 0.5) is 37.8 Å². The molecule has 0 unspecified atom stereocenters. The van der Waals surface area contributed by atoms with Crippen LogP contribution in [0.1, 0.15) is 30.0 Å². The molecular weight excluding hydrogens is 554 g/mol. The van der Waals surface area contributed by atoms with Crippen LogP contribution in [0.5, 0.6) is 0 Å². The van der Waals surface area contributed by atoms with Crippen LogP contribution in [0.3, 0.4) is 0 Å². The first-order valence-corrected chi connectivity index (χ1v) is 12.0. The summed E-state index contributed by atoms with van der Waals surface area (Å²) in [6, 6.07) is -0.455. The summed E-state index contributed by atoms with van der Waals surface area (Å²) in [6.07, 6.45) is -8.17. The third kappa shape index (κ3) is 6.52. The van der Waals surface area contributed by atoms with Gasteiger partial charge in [0.2, 0.25) is 11.8 Å². The number of hydrogen-bond acceptors (Lipinski definition) is 8. The van der Waals surface area contributed by atoms with Crippen molar-refractivity contribution in [3.05, 3.63) is 45.5 Å². The summed E-state index contributed by atoms with van der Waals surface area (Å²) in [6.45, 7) is 0.818. The number of anilines is 2. The van der Waals surface area contributed by atoms with Gasteiger partial charge in [-0.3, -0.25) is 19.3 Å². The van der Waals surface area contributed by atoms with Gasteiger partial charge in [0.15, 0.2) is 0 Å². The Bertz CT molecular complexity index is 1320. The molecule has 2 aliphatic rings. The number of hydrogen-bond donors (Lipinski definition) is 2. The SMILES string of the molecule is C[C@@H](COCCC(=O)N1CC(=O)N2c3ncc(C(F)(F)F)cc3COC[C@H]2C1)Nc1cn[nH]c(=O)c1C(F)(F)F. The van der Waals surface area contributed by atoms with Crippen LogP contribution in [-0.4, -0.2) is 76.9 Å². The molecule has 1 fully saturated rings. The molecule has 2 amide bonds. The van der Waals surface area contributed by atoms with Crippen LogP contribution in [0, 0.1) is 0 Å². The monoisotopic (exact) mass is 578 g/mol. The van der Waals surface area contributed by atoms with E-state index in [9.17, 15) is 40.7 Å². The van der Waals surface area contributed by atoms with E-state index in [1.807, 2.05) is 0 Å². The molecule has 0 bridgehead atoms. The largest absolute Gasteiger partial charge is 0.423 e. The number of pyridine rings is 1. The number of carbonyl (C=O) groups excluding carboxylic acids is 2. The van der Waals surface area contributed by atoms with E-state index in [0.717, 1.165) is 12.3 Å². The summed E-state index contributed by atoms with van der Waals surface area (Å²) in [7, 11) is 0. The van der Waals surface area contributed by atoms with E-state index in [4.69, 9.17) is 9.47 Å². The second-order valence-electron chi connectivity index (χ2n) is 9.27. The van der Waals surface area contributed by atoms with Crippen molar-refractivity contribution in [1.29, 1.82) is 0 Å². The fraction of sp³-hybridized carbons (Fsp3) is 0.522. The molecule has 0 aromatic carbocycles. The van der Waals surface area contributed by atoms with Gasteiger partial charge >= 0.3 is 12.4 Å². The maximum atomic E-state index is 13.2. The third-order valence-electron chi connectivity index (χ3n) is 6.18. The molecule has 4 heterocycles. The summed E-state index contributed by atoms with van der Waals surface area (Å²) in [5, 5.41) is 7.62. The highest BCUT2D eigenvalue weighted by atomic mass is 19.4. The maximum Gasteiger partial charge on any atom is 0.423 e. The summed E-state index contributed by atoms with van der Waals surface area (Å²) in [4.78, 5) is 43.6. The predicted octanol–water partition coefficient (Wildman–Crippen LogP) is 2.18. The summed E-state index contributed by atoms with van der Waals surface area (Å²) in [5.74, 6) is -0.910. The molecule has 11 nitrogen and oxygen atoms in total. The summed E-state index contributed by atoms with van der Waals surface area (Å²) in [5.41, 5.74) is -4.19. The first-order valence-electron chi connectivity index (χ1n) is 12.0. The van der Waals surface area contributed by atoms with Gasteiger partial charge in [-0.15, -0.1) is 0 Å². The Morgan fingerprint density at radius 2 is 1.98 bits per heavy atom. The lowest BCUT2D eigenvalue weighted by Gasteiger charge is -2.39. The van der Waals surface area contributed by atoms with Crippen molar-refractivity contribution in [2.45, 2.75) is 44.4 Å². The van der Waals surface area contributed by atoms with Crippen molar-refractivity contribution < 1.29 is 45.4 Å². The minimum Gasteiger partial charge on any atom is -0.379 e. The standard InChI is InChI=1S/C23H24F6N6O5/c1-12(32-16-6-31-33-21(38)19(16)23(27,28)29)9-39-3-2-17(36)34-7-15-11-40-10-13-4-14(22(24,25)26)5-30-20(13)35(15)18(37)8-34/h4-6,12,15H,2-3,7-11H2,1H3,(H2,32,33,38)/t12-,15+/m0/s1. The number of amides is 2. The van der Waals surface area contributed by atoms with Gasteiger partial charge in [-0.1, -0.05) is 0 Å². The van der Waals surface area contributed by atoms with Gasteiger partial charge < -0.3 is 19.7 Å². The Kier molecular flexibility index (Phi) is 8.34. The van der Waals surface area contributed by atoms with Gasteiger partial charge in [-0.05, 0) is 13.0 Å². The average molecular weight is 578 g/mol. The predicted molar refractivity (Wildman–Crippen MR) is 125 cm³/mol. The number of aromatic amines is 1. The van der Waals surface area contributed by atoms with Crippen LogP contribution in [0.2, 0.25) is 0 Å². The number of rotatable bonds is 7.